The molecule has 3 rings (SSSR count). The maximum atomic E-state index is 13.0. The Hall–Kier alpha value is -1.40. The van der Waals surface area contributed by atoms with Crippen LogP contribution < -0.4 is 0 Å². The normalized spacial score (nSPS) is 16.4. The Morgan fingerprint density at radius 2 is 1.95 bits per heavy atom. The number of nitrogens with zero attached hydrogens (tertiary/aromatic N) is 4. The highest BCUT2D eigenvalue weighted by Crippen LogP contribution is 2.20. The Labute approximate surface area is 139 Å². The molecule has 0 radical (unpaired) electrons. The molecule has 1 aliphatic rings. The van der Waals surface area contributed by atoms with Crippen LogP contribution in [0.1, 0.15) is 30.0 Å². The standard InChI is InChI=1S/C16H21BrN4O/c1-3-13-15(21-11-12(17)5-6-14(21)18-13)16(22)20-9-7-19(4-2)8-10-20/h5-6,11H,3-4,7-10H2,1-2H3. The van der Waals surface area contributed by atoms with Crippen LogP contribution in [0.15, 0.2) is 22.8 Å². The van der Waals surface area contributed by atoms with E-state index in [-0.39, 0.29) is 5.91 Å². The number of imidazole rings is 1. The lowest BCUT2D eigenvalue weighted by molar-refractivity contribution is 0.0635. The van der Waals surface area contributed by atoms with Crippen molar-refractivity contribution >= 4 is 27.5 Å². The van der Waals surface area contributed by atoms with Crippen molar-refractivity contribution in [3.8, 4) is 0 Å². The zero-order valence-electron chi connectivity index (χ0n) is 13.0. The molecule has 22 heavy (non-hydrogen) atoms. The second-order valence-electron chi connectivity index (χ2n) is 5.56. The number of aryl methyl sites for hydroxylation is 1. The lowest BCUT2D eigenvalue weighted by Gasteiger charge is -2.34. The predicted molar refractivity (Wildman–Crippen MR) is 90.3 cm³/mol. The number of piperazine rings is 1. The average Bonchev–Trinajstić information content (AvgIpc) is 2.92. The first-order valence-electron chi connectivity index (χ1n) is 7.82. The summed E-state index contributed by atoms with van der Waals surface area (Å²) in [6.45, 7) is 8.73. The Kier molecular flexibility index (Phi) is 4.49. The molecule has 2 aromatic rings. The molecule has 6 heteroatoms. The monoisotopic (exact) mass is 364 g/mol. The van der Waals surface area contributed by atoms with Crippen LogP contribution in [-0.4, -0.2) is 57.8 Å². The summed E-state index contributed by atoms with van der Waals surface area (Å²) in [4.78, 5) is 21.9. The predicted octanol–water partition coefficient (Wildman–Crippen LogP) is 2.44. The first kappa shape index (κ1) is 15.5. The molecule has 1 saturated heterocycles. The van der Waals surface area contributed by atoms with Crippen molar-refractivity contribution in [1.82, 2.24) is 19.2 Å². The molecule has 0 unspecified atom stereocenters. The van der Waals surface area contributed by atoms with E-state index in [4.69, 9.17) is 0 Å². The molecule has 0 spiro atoms. The Morgan fingerprint density at radius 3 is 2.59 bits per heavy atom. The second-order valence-corrected chi connectivity index (χ2v) is 6.48. The minimum Gasteiger partial charge on any atom is -0.335 e. The minimum atomic E-state index is 0.0956. The molecule has 118 valence electrons. The van der Waals surface area contributed by atoms with Gasteiger partial charge in [-0.15, -0.1) is 0 Å². The summed E-state index contributed by atoms with van der Waals surface area (Å²) in [5, 5.41) is 0. The number of aromatic nitrogens is 2. The van der Waals surface area contributed by atoms with Gasteiger partial charge in [0.1, 0.15) is 11.3 Å². The first-order chi connectivity index (χ1) is 10.6. The first-order valence-corrected chi connectivity index (χ1v) is 8.61. The van der Waals surface area contributed by atoms with E-state index in [1.807, 2.05) is 34.6 Å². The van der Waals surface area contributed by atoms with Gasteiger partial charge in [0.05, 0.1) is 5.69 Å². The topological polar surface area (TPSA) is 40.9 Å². The number of carbonyl (C=O) groups is 1. The Balaban J connectivity index is 1.95. The summed E-state index contributed by atoms with van der Waals surface area (Å²) in [6, 6.07) is 3.89. The highest BCUT2D eigenvalue weighted by molar-refractivity contribution is 9.10. The van der Waals surface area contributed by atoms with Gasteiger partial charge in [-0.1, -0.05) is 13.8 Å². The molecular weight excluding hydrogens is 344 g/mol. The maximum absolute atomic E-state index is 13.0. The summed E-state index contributed by atoms with van der Waals surface area (Å²) in [5.41, 5.74) is 2.42. The van der Waals surface area contributed by atoms with E-state index in [0.29, 0.717) is 5.69 Å². The van der Waals surface area contributed by atoms with Gasteiger partial charge < -0.3 is 9.80 Å². The van der Waals surface area contributed by atoms with Crippen LogP contribution in [0.4, 0.5) is 0 Å². The van der Waals surface area contributed by atoms with Gasteiger partial charge in [-0.05, 0) is 41.0 Å². The fourth-order valence-corrected chi connectivity index (χ4v) is 3.29. The van der Waals surface area contributed by atoms with Gasteiger partial charge in [0.25, 0.3) is 5.91 Å². The highest BCUT2D eigenvalue weighted by atomic mass is 79.9. The third kappa shape index (κ3) is 2.77. The van der Waals surface area contributed by atoms with Crippen molar-refractivity contribution in [1.29, 1.82) is 0 Å². The fourth-order valence-electron chi connectivity index (χ4n) is 2.96. The third-order valence-corrected chi connectivity index (χ3v) is 4.77. The van der Waals surface area contributed by atoms with Gasteiger partial charge >= 0.3 is 0 Å². The van der Waals surface area contributed by atoms with Gasteiger partial charge in [-0.3, -0.25) is 9.20 Å². The van der Waals surface area contributed by atoms with Gasteiger partial charge in [0.2, 0.25) is 0 Å². The van der Waals surface area contributed by atoms with Crippen molar-refractivity contribution in [3.63, 3.8) is 0 Å². The van der Waals surface area contributed by atoms with Crippen molar-refractivity contribution in [2.75, 3.05) is 32.7 Å². The van der Waals surface area contributed by atoms with E-state index in [1.54, 1.807) is 0 Å². The van der Waals surface area contributed by atoms with E-state index >= 15 is 0 Å². The molecule has 0 aromatic carbocycles. The number of pyridine rings is 1. The van der Waals surface area contributed by atoms with Gasteiger partial charge in [0.15, 0.2) is 0 Å². The SMILES string of the molecule is CCc1nc2ccc(Br)cn2c1C(=O)N1CCN(CC)CC1. The van der Waals surface area contributed by atoms with Crippen molar-refractivity contribution in [2.24, 2.45) is 0 Å². The van der Waals surface area contributed by atoms with Gasteiger partial charge in [-0.2, -0.15) is 0 Å². The van der Waals surface area contributed by atoms with Crippen LogP contribution in [0, 0.1) is 0 Å². The maximum Gasteiger partial charge on any atom is 0.272 e. The third-order valence-electron chi connectivity index (χ3n) is 4.30. The second kappa shape index (κ2) is 6.38. The number of fused-ring (bicyclic) bond motifs is 1. The zero-order valence-corrected chi connectivity index (χ0v) is 14.6. The average molecular weight is 365 g/mol. The molecule has 1 aliphatic heterocycles. The lowest BCUT2D eigenvalue weighted by atomic mass is 10.2. The van der Waals surface area contributed by atoms with Crippen molar-refractivity contribution in [3.05, 3.63) is 34.2 Å². The lowest BCUT2D eigenvalue weighted by Crippen LogP contribution is -2.48. The summed E-state index contributed by atoms with van der Waals surface area (Å²) in [7, 11) is 0. The molecule has 3 heterocycles. The number of hydrogen-bond donors (Lipinski definition) is 0. The summed E-state index contributed by atoms with van der Waals surface area (Å²) < 4.78 is 2.86. The summed E-state index contributed by atoms with van der Waals surface area (Å²) in [6.07, 6.45) is 2.69. The number of rotatable bonds is 3. The molecular formula is C16H21BrN4O. The largest absolute Gasteiger partial charge is 0.335 e. The van der Waals surface area contributed by atoms with E-state index in [0.717, 1.165) is 55.0 Å². The molecule has 5 nitrogen and oxygen atoms in total. The van der Waals surface area contributed by atoms with Gasteiger partial charge in [0, 0.05) is 36.8 Å². The zero-order chi connectivity index (χ0) is 15.7. The van der Waals surface area contributed by atoms with E-state index in [9.17, 15) is 4.79 Å². The quantitative estimate of drug-likeness (QED) is 0.839. The van der Waals surface area contributed by atoms with Crippen LogP contribution in [0.5, 0.6) is 0 Å². The van der Waals surface area contributed by atoms with Crippen molar-refractivity contribution in [2.45, 2.75) is 20.3 Å². The molecule has 0 aliphatic carbocycles. The van der Waals surface area contributed by atoms with E-state index in [1.165, 1.54) is 0 Å². The van der Waals surface area contributed by atoms with E-state index in [2.05, 4.69) is 32.7 Å². The molecule has 0 bridgehead atoms. The number of hydrogen-bond acceptors (Lipinski definition) is 3. The van der Waals surface area contributed by atoms with E-state index < -0.39 is 0 Å². The van der Waals surface area contributed by atoms with Crippen LogP contribution in [0.2, 0.25) is 0 Å². The van der Waals surface area contributed by atoms with Crippen LogP contribution in [-0.2, 0) is 6.42 Å². The Morgan fingerprint density at radius 1 is 1.23 bits per heavy atom. The Bertz CT molecular complexity index is 689. The molecule has 0 saturated carbocycles. The van der Waals surface area contributed by atoms with Crippen molar-refractivity contribution < 1.29 is 4.79 Å². The van der Waals surface area contributed by atoms with Crippen LogP contribution in [0.3, 0.4) is 0 Å². The smallest absolute Gasteiger partial charge is 0.272 e. The number of likely N-dealkylation sites (N-methyl/N-ethyl adjacent to an activating group) is 1. The van der Waals surface area contributed by atoms with Gasteiger partial charge in [-0.25, -0.2) is 4.98 Å². The molecule has 1 fully saturated rings. The minimum absolute atomic E-state index is 0.0956. The molecule has 2 aromatic heterocycles. The van der Waals surface area contributed by atoms with Crippen LogP contribution >= 0.6 is 15.9 Å². The fraction of sp³-hybridized carbons (Fsp3) is 0.500. The molecule has 0 atom stereocenters. The molecule has 0 N–H and O–H groups in total. The van der Waals surface area contributed by atoms with Crippen LogP contribution in [0.25, 0.3) is 5.65 Å². The highest BCUT2D eigenvalue weighted by Gasteiger charge is 2.26. The number of amides is 1. The summed E-state index contributed by atoms with van der Waals surface area (Å²) in [5.74, 6) is 0.0956. The number of halogens is 1. The number of carbonyl (C=O) groups excluding carboxylic acids is 1. The molecule has 1 amide bonds. The summed E-state index contributed by atoms with van der Waals surface area (Å²) >= 11 is 3.48.